The average molecular weight is 296 g/mol. The van der Waals surface area contributed by atoms with Gasteiger partial charge in [-0.05, 0) is 18.9 Å². The minimum Gasteiger partial charge on any atom is -0.383 e. The molecular weight excluding hydrogens is 276 g/mol. The Morgan fingerprint density at radius 3 is 2.68 bits per heavy atom. The van der Waals surface area contributed by atoms with Crippen LogP contribution in [0, 0.1) is 0 Å². The summed E-state index contributed by atoms with van der Waals surface area (Å²) < 4.78 is 3.64. The van der Waals surface area contributed by atoms with Gasteiger partial charge in [0, 0.05) is 14.1 Å². The Bertz CT molecular complexity index is 859. The lowest BCUT2D eigenvalue weighted by molar-refractivity contribution is 0.668. The number of nitrogens with two attached hydrogens (primary N) is 1. The number of aryl methyl sites for hydroxylation is 1. The van der Waals surface area contributed by atoms with Crippen LogP contribution >= 0.6 is 0 Å². The molecule has 1 aromatic carbocycles. The molecule has 0 radical (unpaired) electrons. The van der Waals surface area contributed by atoms with Crippen LogP contribution in [0.4, 0.5) is 5.82 Å². The highest BCUT2D eigenvalue weighted by atomic mass is 15.2. The normalized spacial score (nSPS) is 13.7. The van der Waals surface area contributed by atoms with Gasteiger partial charge in [-0.1, -0.05) is 30.3 Å². The SMILES string of the molecule is CC(Cc1ccccc1)N=c1nc2c(ncn2C)c(N)n1C. The van der Waals surface area contributed by atoms with Crippen molar-refractivity contribution in [2.45, 2.75) is 19.4 Å². The van der Waals surface area contributed by atoms with E-state index in [-0.39, 0.29) is 6.04 Å². The van der Waals surface area contributed by atoms with E-state index in [1.807, 2.05) is 36.9 Å². The molecule has 3 rings (SSSR count). The van der Waals surface area contributed by atoms with Crippen LogP contribution in [-0.4, -0.2) is 25.1 Å². The molecule has 2 aromatic heterocycles. The second-order valence-electron chi connectivity index (χ2n) is 5.55. The number of benzene rings is 1. The number of nitrogens with zero attached hydrogens (tertiary/aromatic N) is 5. The summed E-state index contributed by atoms with van der Waals surface area (Å²) in [6.45, 7) is 2.08. The van der Waals surface area contributed by atoms with Gasteiger partial charge in [0.15, 0.2) is 5.65 Å². The molecule has 0 aliphatic rings. The molecule has 0 fully saturated rings. The van der Waals surface area contributed by atoms with Crippen molar-refractivity contribution < 1.29 is 0 Å². The minimum atomic E-state index is 0.117. The Kier molecular flexibility index (Phi) is 3.66. The topological polar surface area (TPSA) is 74.0 Å². The molecule has 114 valence electrons. The van der Waals surface area contributed by atoms with E-state index in [9.17, 15) is 0 Å². The van der Waals surface area contributed by atoms with Crippen LogP contribution in [-0.2, 0) is 20.5 Å². The molecule has 3 aromatic rings. The van der Waals surface area contributed by atoms with Gasteiger partial charge >= 0.3 is 0 Å². The predicted molar refractivity (Wildman–Crippen MR) is 87.1 cm³/mol. The maximum absolute atomic E-state index is 6.15. The standard InChI is InChI=1S/C16H20N6/c1-11(9-12-7-5-4-6-8-12)19-16-20-15-13(14(17)22(16)3)18-10-21(15)2/h4-8,10-11H,9,17H2,1-3H3. The second kappa shape index (κ2) is 5.63. The van der Waals surface area contributed by atoms with Crippen molar-refractivity contribution >= 4 is 17.0 Å². The third-order valence-electron chi connectivity index (χ3n) is 3.73. The summed E-state index contributed by atoms with van der Waals surface area (Å²) in [5.41, 5.74) is 9.49. The quantitative estimate of drug-likeness (QED) is 0.794. The zero-order valence-electron chi connectivity index (χ0n) is 13.1. The van der Waals surface area contributed by atoms with Crippen LogP contribution in [0.3, 0.4) is 0 Å². The molecule has 0 aliphatic carbocycles. The first-order valence-electron chi connectivity index (χ1n) is 7.27. The first-order valence-corrected chi connectivity index (χ1v) is 7.27. The number of aromatic nitrogens is 4. The Hall–Kier alpha value is -2.63. The molecule has 0 amide bonds. The number of anilines is 1. The van der Waals surface area contributed by atoms with Crippen LogP contribution in [0.5, 0.6) is 0 Å². The minimum absolute atomic E-state index is 0.117. The number of rotatable bonds is 3. The van der Waals surface area contributed by atoms with E-state index in [2.05, 4.69) is 29.0 Å². The fraction of sp³-hybridized carbons (Fsp3) is 0.312. The summed E-state index contributed by atoms with van der Waals surface area (Å²) in [6.07, 6.45) is 2.58. The number of hydrogen-bond acceptors (Lipinski definition) is 4. The van der Waals surface area contributed by atoms with E-state index >= 15 is 0 Å². The molecule has 0 bridgehead atoms. The van der Waals surface area contributed by atoms with Crippen molar-refractivity contribution in [2.24, 2.45) is 19.1 Å². The molecule has 0 saturated carbocycles. The maximum Gasteiger partial charge on any atom is 0.228 e. The van der Waals surface area contributed by atoms with Gasteiger partial charge in [-0.3, -0.25) is 4.57 Å². The third-order valence-corrected chi connectivity index (χ3v) is 3.73. The van der Waals surface area contributed by atoms with Gasteiger partial charge < -0.3 is 10.3 Å². The molecule has 1 atom stereocenters. The van der Waals surface area contributed by atoms with Crippen LogP contribution in [0.25, 0.3) is 11.2 Å². The smallest absolute Gasteiger partial charge is 0.228 e. The lowest BCUT2D eigenvalue weighted by Crippen LogP contribution is -2.27. The molecule has 0 spiro atoms. The molecule has 2 heterocycles. The zero-order chi connectivity index (χ0) is 15.7. The highest BCUT2D eigenvalue weighted by Crippen LogP contribution is 2.13. The fourth-order valence-electron chi connectivity index (χ4n) is 2.49. The van der Waals surface area contributed by atoms with Gasteiger partial charge in [0.2, 0.25) is 5.62 Å². The van der Waals surface area contributed by atoms with Gasteiger partial charge in [-0.25, -0.2) is 9.98 Å². The van der Waals surface area contributed by atoms with Gasteiger partial charge in [-0.2, -0.15) is 4.98 Å². The van der Waals surface area contributed by atoms with Crippen molar-refractivity contribution in [3.63, 3.8) is 0 Å². The first-order chi connectivity index (χ1) is 10.6. The molecular formula is C16H20N6. The van der Waals surface area contributed by atoms with Crippen LogP contribution in [0.2, 0.25) is 0 Å². The molecule has 22 heavy (non-hydrogen) atoms. The number of hydrogen-bond donors (Lipinski definition) is 1. The van der Waals surface area contributed by atoms with E-state index < -0.39 is 0 Å². The monoisotopic (exact) mass is 296 g/mol. The number of nitrogen functional groups attached to an aromatic ring is 1. The van der Waals surface area contributed by atoms with E-state index in [1.54, 1.807) is 10.9 Å². The van der Waals surface area contributed by atoms with Crippen molar-refractivity contribution in [3.8, 4) is 0 Å². The molecule has 6 nitrogen and oxygen atoms in total. The van der Waals surface area contributed by atoms with E-state index in [0.29, 0.717) is 17.0 Å². The maximum atomic E-state index is 6.15. The summed E-state index contributed by atoms with van der Waals surface area (Å²) in [5.74, 6) is 0.580. The number of fused-ring (bicyclic) bond motifs is 1. The summed E-state index contributed by atoms with van der Waals surface area (Å²) in [6, 6.07) is 10.4. The molecule has 0 saturated heterocycles. The Morgan fingerprint density at radius 1 is 1.23 bits per heavy atom. The van der Waals surface area contributed by atoms with Crippen molar-refractivity contribution in [1.29, 1.82) is 0 Å². The van der Waals surface area contributed by atoms with Crippen LogP contribution in [0.1, 0.15) is 12.5 Å². The largest absolute Gasteiger partial charge is 0.383 e. The van der Waals surface area contributed by atoms with Crippen LogP contribution in [0.15, 0.2) is 41.7 Å². The van der Waals surface area contributed by atoms with E-state index in [1.165, 1.54) is 5.56 Å². The molecule has 6 heteroatoms. The molecule has 1 unspecified atom stereocenters. The molecule has 2 N–H and O–H groups in total. The Labute approximate surface area is 129 Å². The van der Waals surface area contributed by atoms with E-state index in [0.717, 1.165) is 12.1 Å². The highest BCUT2D eigenvalue weighted by molar-refractivity contribution is 5.81. The van der Waals surface area contributed by atoms with Gasteiger partial charge in [-0.15, -0.1) is 0 Å². The highest BCUT2D eigenvalue weighted by Gasteiger charge is 2.10. The van der Waals surface area contributed by atoms with Crippen molar-refractivity contribution in [1.82, 2.24) is 19.1 Å². The van der Waals surface area contributed by atoms with Crippen LogP contribution < -0.4 is 11.4 Å². The van der Waals surface area contributed by atoms with Crippen molar-refractivity contribution in [2.75, 3.05) is 5.73 Å². The van der Waals surface area contributed by atoms with Crippen molar-refractivity contribution in [3.05, 3.63) is 47.8 Å². The van der Waals surface area contributed by atoms with Gasteiger partial charge in [0.1, 0.15) is 11.3 Å². The fourth-order valence-corrected chi connectivity index (χ4v) is 2.49. The predicted octanol–water partition coefficient (Wildman–Crippen LogP) is 1.42. The summed E-state index contributed by atoms with van der Waals surface area (Å²) in [5, 5.41) is 0. The third kappa shape index (κ3) is 2.59. The summed E-state index contributed by atoms with van der Waals surface area (Å²) >= 11 is 0. The molecule has 0 aliphatic heterocycles. The Morgan fingerprint density at radius 2 is 1.95 bits per heavy atom. The zero-order valence-corrected chi connectivity index (χ0v) is 13.1. The van der Waals surface area contributed by atoms with E-state index in [4.69, 9.17) is 10.7 Å². The Balaban J connectivity index is 2.01. The summed E-state index contributed by atoms with van der Waals surface area (Å²) in [4.78, 5) is 13.6. The van der Waals surface area contributed by atoms with Gasteiger partial charge in [0.05, 0.1) is 12.4 Å². The first kappa shape index (κ1) is 14.3. The second-order valence-corrected chi connectivity index (χ2v) is 5.55. The number of imidazole rings is 1. The average Bonchev–Trinajstić information content (AvgIpc) is 2.87. The lowest BCUT2D eigenvalue weighted by atomic mass is 10.1. The van der Waals surface area contributed by atoms with Gasteiger partial charge in [0.25, 0.3) is 0 Å². The summed E-state index contributed by atoms with van der Waals surface area (Å²) in [7, 11) is 3.77. The lowest BCUT2D eigenvalue weighted by Gasteiger charge is -2.09.